The maximum Gasteiger partial charge on any atom is 0.241 e. The van der Waals surface area contributed by atoms with Gasteiger partial charge in [0.25, 0.3) is 0 Å². The second kappa shape index (κ2) is 6.49. The third-order valence-corrected chi connectivity index (χ3v) is 5.41. The summed E-state index contributed by atoms with van der Waals surface area (Å²) in [5, 5.41) is 8.72. The van der Waals surface area contributed by atoms with Crippen molar-refractivity contribution in [3.63, 3.8) is 0 Å². The number of nitrogens with zero attached hydrogens (tertiary/aromatic N) is 2. The Morgan fingerprint density at radius 3 is 2.90 bits per heavy atom. The van der Waals surface area contributed by atoms with Crippen molar-refractivity contribution in [2.45, 2.75) is 17.9 Å². The van der Waals surface area contributed by atoms with Crippen LogP contribution < -0.4 is 10.0 Å². The summed E-state index contributed by atoms with van der Waals surface area (Å²) in [4.78, 5) is 1.33. The number of hydrogen-bond donors (Lipinski definition) is 2. The normalized spacial score (nSPS) is 11.9. The van der Waals surface area contributed by atoms with E-state index in [9.17, 15) is 8.42 Å². The summed E-state index contributed by atoms with van der Waals surface area (Å²) in [7, 11) is 0.253. The van der Waals surface area contributed by atoms with Gasteiger partial charge in [-0.2, -0.15) is 5.10 Å². The highest BCUT2D eigenvalue weighted by atomic mass is 32.2. The number of sulfonamides is 1. The van der Waals surface area contributed by atoms with Gasteiger partial charge in [-0.25, -0.2) is 13.1 Å². The molecule has 0 saturated carbocycles. The van der Waals surface area contributed by atoms with Crippen molar-refractivity contribution in [1.29, 1.82) is 0 Å². The molecule has 0 aliphatic carbocycles. The van der Waals surface area contributed by atoms with Gasteiger partial charge in [0.2, 0.25) is 10.0 Å². The maximum absolute atomic E-state index is 12.1. The van der Waals surface area contributed by atoms with Crippen LogP contribution in [0.3, 0.4) is 0 Å². The molecule has 20 heavy (non-hydrogen) atoms. The molecular formula is C12H18N4O2S2. The van der Waals surface area contributed by atoms with Crippen LogP contribution in [0, 0.1) is 0 Å². The molecule has 2 rings (SSSR count). The third-order valence-electron chi connectivity index (χ3n) is 2.89. The predicted molar refractivity (Wildman–Crippen MR) is 79.2 cm³/mol. The molecule has 2 aromatic rings. The minimum Gasteiger partial charge on any atom is -0.315 e. The fourth-order valence-corrected chi connectivity index (χ4v) is 4.13. The Balaban J connectivity index is 1.95. The molecule has 0 bridgehead atoms. The standard InChI is InChI=1S/C12H18N4O2S2/c1-13-8-11-7-12(9-19-11)20(17,18)15-6-4-10-3-5-14-16(10)2/h3,5,7,9,13,15H,4,6,8H2,1-2H3. The largest absolute Gasteiger partial charge is 0.315 e. The lowest BCUT2D eigenvalue weighted by molar-refractivity contribution is 0.580. The number of nitrogens with one attached hydrogen (secondary N) is 2. The van der Waals surface area contributed by atoms with Gasteiger partial charge in [-0.15, -0.1) is 11.3 Å². The Bertz CT molecular complexity index is 661. The van der Waals surface area contributed by atoms with Crippen LogP contribution in [-0.2, 0) is 30.0 Å². The molecule has 0 aliphatic heterocycles. The first kappa shape index (κ1) is 15.2. The quantitative estimate of drug-likeness (QED) is 0.790. The van der Waals surface area contributed by atoms with Crippen molar-refractivity contribution in [2.75, 3.05) is 13.6 Å². The number of aryl methyl sites for hydroxylation is 1. The minimum atomic E-state index is -3.42. The van der Waals surface area contributed by atoms with E-state index in [0.717, 1.165) is 10.6 Å². The first-order chi connectivity index (χ1) is 9.53. The number of aromatic nitrogens is 2. The Hall–Kier alpha value is -1.22. The molecule has 0 aromatic carbocycles. The number of hydrogen-bond acceptors (Lipinski definition) is 5. The van der Waals surface area contributed by atoms with Crippen LogP contribution >= 0.6 is 11.3 Å². The smallest absolute Gasteiger partial charge is 0.241 e. The summed E-state index contributed by atoms with van der Waals surface area (Å²) in [5.74, 6) is 0. The van der Waals surface area contributed by atoms with Gasteiger partial charge in [-0.3, -0.25) is 4.68 Å². The summed E-state index contributed by atoms with van der Waals surface area (Å²) >= 11 is 1.44. The highest BCUT2D eigenvalue weighted by Gasteiger charge is 2.15. The molecule has 0 aliphatic rings. The van der Waals surface area contributed by atoms with Crippen LogP contribution in [0.2, 0.25) is 0 Å². The molecule has 0 unspecified atom stereocenters. The van der Waals surface area contributed by atoms with Crippen LogP contribution in [0.1, 0.15) is 10.6 Å². The van der Waals surface area contributed by atoms with Gasteiger partial charge >= 0.3 is 0 Å². The van der Waals surface area contributed by atoms with Gasteiger partial charge in [0.15, 0.2) is 0 Å². The van der Waals surface area contributed by atoms with E-state index >= 15 is 0 Å². The van der Waals surface area contributed by atoms with E-state index < -0.39 is 10.0 Å². The first-order valence-corrected chi connectivity index (χ1v) is 8.58. The van der Waals surface area contributed by atoms with Gasteiger partial charge in [-0.05, 0) is 19.2 Å². The Morgan fingerprint density at radius 1 is 1.45 bits per heavy atom. The molecule has 110 valence electrons. The molecule has 6 nitrogen and oxygen atoms in total. The van der Waals surface area contributed by atoms with Crippen molar-refractivity contribution < 1.29 is 8.42 Å². The van der Waals surface area contributed by atoms with Crippen LogP contribution in [0.15, 0.2) is 28.6 Å². The summed E-state index contributed by atoms with van der Waals surface area (Å²) in [5.41, 5.74) is 0.994. The fraction of sp³-hybridized carbons (Fsp3) is 0.417. The van der Waals surface area contributed by atoms with Gasteiger partial charge in [0.05, 0.1) is 4.90 Å². The van der Waals surface area contributed by atoms with Crippen LogP contribution in [0.4, 0.5) is 0 Å². The molecule has 2 heterocycles. The van der Waals surface area contributed by atoms with Crippen LogP contribution in [-0.4, -0.2) is 31.8 Å². The lowest BCUT2D eigenvalue weighted by Crippen LogP contribution is -2.26. The SMILES string of the molecule is CNCc1cc(S(=O)(=O)NCCc2ccnn2C)cs1. The van der Waals surface area contributed by atoms with E-state index in [2.05, 4.69) is 15.1 Å². The van der Waals surface area contributed by atoms with E-state index in [0.29, 0.717) is 24.4 Å². The fourth-order valence-electron chi connectivity index (χ4n) is 1.81. The second-order valence-electron chi connectivity index (χ2n) is 4.37. The highest BCUT2D eigenvalue weighted by molar-refractivity contribution is 7.89. The first-order valence-electron chi connectivity index (χ1n) is 6.21. The zero-order valence-electron chi connectivity index (χ0n) is 11.5. The molecule has 0 amide bonds. The Labute approximate surface area is 122 Å². The molecular weight excluding hydrogens is 296 g/mol. The highest BCUT2D eigenvalue weighted by Crippen LogP contribution is 2.18. The van der Waals surface area contributed by atoms with Crippen LogP contribution in [0.25, 0.3) is 0 Å². The molecule has 0 spiro atoms. The average molecular weight is 314 g/mol. The summed E-state index contributed by atoms with van der Waals surface area (Å²) in [6.07, 6.45) is 2.32. The van der Waals surface area contributed by atoms with Gasteiger partial charge in [0, 0.05) is 48.7 Å². The number of rotatable bonds is 7. The molecule has 2 aromatic heterocycles. The average Bonchev–Trinajstić information content (AvgIpc) is 3.00. The molecule has 2 N–H and O–H groups in total. The van der Waals surface area contributed by atoms with Crippen molar-refractivity contribution in [1.82, 2.24) is 19.8 Å². The van der Waals surface area contributed by atoms with Gasteiger partial charge < -0.3 is 5.32 Å². The molecule has 0 atom stereocenters. The van der Waals surface area contributed by atoms with Crippen molar-refractivity contribution in [3.8, 4) is 0 Å². The summed E-state index contributed by atoms with van der Waals surface area (Å²) in [6, 6.07) is 3.58. The van der Waals surface area contributed by atoms with Crippen LogP contribution in [0.5, 0.6) is 0 Å². The molecule has 8 heteroatoms. The maximum atomic E-state index is 12.1. The van der Waals surface area contributed by atoms with E-state index in [-0.39, 0.29) is 0 Å². The van der Waals surface area contributed by atoms with E-state index in [1.165, 1.54) is 11.3 Å². The molecule has 0 saturated heterocycles. The van der Waals surface area contributed by atoms with Crippen molar-refractivity contribution >= 4 is 21.4 Å². The minimum absolute atomic E-state index is 0.331. The van der Waals surface area contributed by atoms with E-state index in [1.807, 2.05) is 20.2 Å². The lowest BCUT2D eigenvalue weighted by atomic mass is 10.3. The zero-order valence-corrected chi connectivity index (χ0v) is 13.1. The second-order valence-corrected chi connectivity index (χ2v) is 7.14. The van der Waals surface area contributed by atoms with E-state index in [4.69, 9.17) is 0 Å². The Morgan fingerprint density at radius 2 is 2.25 bits per heavy atom. The molecule has 0 radical (unpaired) electrons. The number of thiophene rings is 1. The monoisotopic (exact) mass is 314 g/mol. The van der Waals surface area contributed by atoms with Gasteiger partial charge in [0.1, 0.15) is 0 Å². The van der Waals surface area contributed by atoms with Gasteiger partial charge in [-0.1, -0.05) is 0 Å². The third kappa shape index (κ3) is 3.66. The molecule has 0 fully saturated rings. The summed E-state index contributed by atoms with van der Waals surface area (Å²) in [6.45, 7) is 1.04. The topological polar surface area (TPSA) is 76.0 Å². The van der Waals surface area contributed by atoms with Crippen molar-refractivity contribution in [3.05, 3.63) is 34.3 Å². The zero-order chi connectivity index (χ0) is 14.6. The predicted octanol–water partition coefficient (Wildman–Crippen LogP) is 0.722. The van der Waals surface area contributed by atoms with E-state index in [1.54, 1.807) is 22.3 Å². The van der Waals surface area contributed by atoms with Crippen molar-refractivity contribution in [2.24, 2.45) is 7.05 Å². The lowest BCUT2D eigenvalue weighted by Gasteiger charge is -2.05. The summed E-state index contributed by atoms with van der Waals surface area (Å²) < 4.78 is 28.6. The Kier molecular flexibility index (Phi) is 4.92.